The fourth-order valence-corrected chi connectivity index (χ4v) is 8.92. The molecule has 0 saturated carbocycles. The Hall–Kier alpha value is -9.55. The number of carbonyl (C=O) groups excluding carboxylic acids is 5. The maximum absolute atomic E-state index is 12.2. The van der Waals surface area contributed by atoms with E-state index in [1.165, 1.54) is 18.2 Å². The summed E-state index contributed by atoms with van der Waals surface area (Å²) < 4.78 is 26.4. The second-order valence-corrected chi connectivity index (χ2v) is 33.8. The number of benzene rings is 5. The van der Waals surface area contributed by atoms with Crippen LogP contribution in [0.1, 0.15) is 331 Å². The van der Waals surface area contributed by atoms with E-state index in [0.717, 1.165) is 16.7 Å². The van der Waals surface area contributed by atoms with E-state index in [1.807, 2.05) is 171 Å². The fraction of sp³-hybridized carbons (Fsp3) is 0.602. The van der Waals surface area contributed by atoms with Crippen molar-refractivity contribution in [2.75, 3.05) is 0 Å². The van der Waals surface area contributed by atoms with Crippen molar-refractivity contribution in [2.45, 2.75) is 318 Å². The van der Waals surface area contributed by atoms with E-state index in [4.69, 9.17) is 23.7 Å². The third-order valence-electron chi connectivity index (χ3n) is 15.1. The smallest absolute Gasteiger partial charge is 0.311 e. The van der Waals surface area contributed by atoms with Crippen LogP contribution in [0.5, 0.6) is 0 Å². The predicted molar refractivity (Wildman–Crippen MR) is 453 cm³/mol. The van der Waals surface area contributed by atoms with E-state index in [0.29, 0.717) is 33.4 Å². The highest BCUT2D eigenvalue weighted by atomic mass is 16.6. The molecule has 0 bridgehead atoms. The molecule has 0 amide bonds. The Bertz CT molecular complexity index is 3820. The maximum Gasteiger partial charge on any atom is 0.311 e. The Morgan fingerprint density at radius 2 is 0.655 bits per heavy atom. The van der Waals surface area contributed by atoms with Gasteiger partial charge in [0.2, 0.25) is 0 Å². The highest BCUT2D eigenvalue weighted by molar-refractivity contribution is 5.77. The Labute approximate surface area is 676 Å². The molecule has 0 aliphatic carbocycles. The lowest BCUT2D eigenvalue weighted by Gasteiger charge is -2.32. The zero-order valence-electron chi connectivity index (χ0n) is 75.7. The van der Waals surface area contributed by atoms with Crippen LogP contribution in [0, 0.1) is 83.1 Å². The van der Waals surface area contributed by atoms with Crippen molar-refractivity contribution in [3.8, 4) is 0 Å². The third-order valence-corrected chi connectivity index (χ3v) is 15.1. The van der Waals surface area contributed by atoms with Gasteiger partial charge >= 0.3 is 29.8 Å². The van der Waals surface area contributed by atoms with Crippen molar-refractivity contribution in [1.82, 2.24) is 0 Å². The van der Waals surface area contributed by atoms with Gasteiger partial charge in [0.1, 0.15) is 32.5 Å². The Morgan fingerprint density at radius 1 is 0.327 bits per heavy atom. The highest BCUT2D eigenvalue weighted by Crippen LogP contribution is 2.42. The van der Waals surface area contributed by atoms with Gasteiger partial charge in [0.15, 0.2) is 0 Å². The van der Waals surface area contributed by atoms with Crippen LogP contribution in [0.4, 0.5) is 28.4 Å². The number of nitro groups is 5. The van der Waals surface area contributed by atoms with Crippen LogP contribution in [0.3, 0.4) is 0 Å². The largest absolute Gasteiger partial charge is 0.460 e. The van der Waals surface area contributed by atoms with Crippen molar-refractivity contribution in [3.05, 3.63) is 198 Å². The average Bonchev–Trinajstić information content (AvgIpc) is 0.812. The van der Waals surface area contributed by atoms with Crippen LogP contribution in [0.2, 0.25) is 0 Å². The Kier molecular flexibility index (Phi) is 50.1. The van der Waals surface area contributed by atoms with E-state index in [9.17, 15) is 74.5 Å². The van der Waals surface area contributed by atoms with Crippen LogP contribution in [0.15, 0.2) is 97.1 Å². The average molecular weight is 1590 g/mol. The molecule has 1 unspecified atom stereocenters. The molecule has 0 aliphatic rings. The van der Waals surface area contributed by atoms with Gasteiger partial charge in [0.25, 0.3) is 28.4 Å². The first-order chi connectivity index (χ1) is 51.6. The van der Waals surface area contributed by atoms with Gasteiger partial charge in [0, 0.05) is 35.2 Å². The van der Waals surface area contributed by atoms with E-state index < -0.39 is 63.2 Å². The number of para-hydroxylation sites is 2. The van der Waals surface area contributed by atoms with Gasteiger partial charge in [-0.05, 0) is 167 Å². The highest BCUT2D eigenvalue weighted by Gasteiger charge is 2.38. The van der Waals surface area contributed by atoms with Crippen molar-refractivity contribution >= 4 is 58.3 Å². The molecule has 5 rings (SSSR count). The molecule has 0 heterocycles. The summed E-state index contributed by atoms with van der Waals surface area (Å²) in [5.41, 5.74) is 1.22. The predicted octanol–water partition coefficient (Wildman–Crippen LogP) is 25.0. The molecule has 1 atom stereocenters. The number of hydrogen-bond acceptors (Lipinski definition) is 20. The number of rotatable bonds is 17. The van der Waals surface area contributed by atoms with Gasteiger partial charge in [-0.3, -0.25) is 74.5 Å². The molecule has 0 fully saturated rings. The summed E-state index contributed by atoms with van der Waals surface area (Å²) in [5, 5.41) is 55.9. The molecule has 0 saturated heterocycles. The maximum atomic E-state index is 12.2. The Balaban J connectivity index is -0.000000418. The van der Waals surface area contributed by atoms with Crippen LogP contribution in [-0.2, 0) is 84.9 Å². The molecule has 0 spiro atoms. The first-order valence-corrected chi connectivity index (χ1v) is 38.8. The SMILES string of the molecule is CC.CC.CC.CC.CC.CC(C)(C)C(=O)OC(c1ccccc1[N+](=O)[O-])C(C)(C)C.CC(C)(C)C(=O)OCc1c([N+](=O)[O-])cccc1C(C)(C)C.CC(C)(C)C(=O)OCc1cccc(C(C)(C)C)c1[N+](=O)[O-].CC(C)c1ccc(COC(=O)C(C)(C)C)c([N+](=O)[O-])c1.CC(C)c1ccc([N+](=O)[O-])c(COC(=O)C(C)(C)C)c1. The van der Waals surface area contributed by atoms with Crippen molar-refractivity contribution < 1.29 is 72.3 Å². The van der Waals surface area contributed by atoms with Crippen molar-refractivity contribution in [1.29, 1.82) is 0 Å². The monoisotopic (exact) mass is 1590 g/mol. The molecule has 5 aromatic carbocycles. The second kappa shape index (κ2) is 50.5. The molecule has 25 nitrogen and oxygen atoms in total. The minimum absolute atomic E-state index is 0.00194. The number of hydrogen-bond donors (Lipinski definition) is 0. The molecular weight excluding hydrogens is 1450 g/mol. The number of nitrogens with zero attached hydrogens (tertiary/aromatic N) is 5. The minimum Gasteiger partial charge on any atom is -0.460 e. The molecule has 25 heteroatoms. The molecular formula is C88H141N5O20. The molecule has 5 aromatic rings. The lowest BCUT2D eigenvalue weighted by Crippen LogP contribution is -2.30. The summed E-state index contributed by atoms with van der Waals surface area (Å²) in [6.45, 7) is 71.2. The topological polar surface area (TPSA) is 347 Å². The molecule has 638 valence electrons. The lowest BCUT2D eigenvalue weighted by atomic mass is 9.83. The van der Waals surface area contributed by atoms with E-state index in [1.54, 1.807) is 171 Å². The van der Waals surface area contributed by atoms with Gasteiger partial charge in [-0.2, -0.15) is 0 Å². The minimum atomic E-state index is -0.675. The van der Waals surface area contributed by atoms with E-state index in [2.05, 4.69) is 0 Å². The molecule has 0 aromatic heterocycles. The quantitative estimate of drug-likeness (QED) is 0.0361. The number of esters is 5. The van der Waals surface area contributed by atoms with Gasteiger partial charge in [-0.1, -0.05) is 208 Å². The lowest BCUT2D eigenvalue weighted by molar-refractivity contribution is -0.387. The number of carbonyl (C=O) groups is 5. The molecule has 0 aliphatic heterocycles. The number of nitro benzene ring substituents is 5. The first-order valence-electron chi connectivity index (χ1n) is 38.8. The van der Waals surface area contributed by atoms with E-state index >= 15 is 0 Å². The summed E-state index contributed by atoms with van der Waals surface area (Å²) >= 11 is 0. The zero-order chi connectivity index (χ0) is 90.3. The van der Waals surface area contributed by atoms with Crippen molar-refractivity contribution in [3.63, 3.8) is 0 Å². The van der Waals surface area contributed by atoms with Crippen LogP contribution in [0.25, 0.3) is 0 Å². The summed E-state index contributed by atoms with van der Waals surface area (Å²) in [6.07, 6.45) is -0.675. The second-order valence-electron chi connectivity index (χ2n) is 33.8. The van der Waals surface area contributed by atoms with Gasteiger partial charge in [-0.25, -0.2) is 0 Å². The van der Waals surface area contributed by atoms with Gasteiger partial charge in [0.05, 0.1) is 79.5 Å². The van der Waals surface area contributed by atoms with Crippen LogP contribution in [-0.4, -0.2) is 54.5 Å². The fourth-order valence-electron chi connectivity index (χ4n) is 8.92. The molecule has 113 heavy (non-hydrogen) atoms. The summed E-state index contributed by atoms with van der Waals surface area (Å²) in [6, 6.07) is 26.4. The third kappa shape index (κ3) is 40.7. The first kappa shape index (κ1) is 112. The van der Waals surface area contributed by atoms with Crippen LogP contribution < -0.4 is 0 Å². The zero-order valence-corrected chi connectivity index (χ0v) is 75.7. The summed E-state index contributed by atoms with van der Waals surface area (Å²) in [5.74, 6) is -1.41. The van der Waals surface area contributed by atoms with Gasteiger partial charge in [-0.15, -0.1) is 0 Å². The van der Waals surface area contributed by atoms with Crippen LogP contribution >= 0.6 is 0 Å². The Morgan fingerprint density at radius 3 is 1.01 bits per heavy atom. The summed E-state index contributed by atoms with van der Waals surface area (Å²) in [4.78, 5) is 113. The normalized spacial score (nSPS) is 11.4. The van der Waals surface area contributed by atoms with E-state index in [-0.39, 0.29) is 107 Å². The van der Waals surface area contributed by atoms with Crippen molar-refractivity contribution in [2.24, 2.45) is 32.5 Å². The molecule has 0 radical (unpaired) electrons. The standard InChI is InChI=1S/3C16H23NO4.2C15H21NO4.5C2H6/c1-15(2,3)12-8-7-9-13(17(19)20)11(12)10-21-14(18)16(4,5)6;1-15(2,3)12-9-7-8-11(13(12)17(19)20)10-21-14(18)16(4,5)6;1-15(2,3)13(21-14(18)16(4,5)6)11-9-7-8-10-12(11)17(19)20;1-10(2)11-6-7-13(16(18)19)12(8-11)9-20-14(17)15(3,4)5;1-10(2)11-6-7-12(13(8-11)16(18)19)9-20-14(17)15(3,4)5;5*1-2/h2*7-9H,10H2,1-6H3;7-10,13H,1-6H3;2*6-8,10H,9H2,1-5H3;5*1-2H3. The van der Waals surface area contributed by atoms with Gasteiger partial charge < -0.3 is 23.7 Å². The summed E-state index contributed by atoms with van der Waals surface area (Å²) in [7, 11) is 0. The molecule has 0 N–H and O–H groups in total. The number of ether oxygens (including phenoxy) is 5.